The molecule has 0 bridgehead atoms. The zero-order valence-corrected chi connectivity index (χ0v) is 9.01. The molecule has 0 saturated heterocycles. The Kier molecular flexibility index (Phi) is 9.41. The van der Waals surface area contributed by atoms with Gasteiger partial charge in [0.1, 0.15) is 0 Å². The monoisotopic (exact) mass is 196 g/mol. The van der Waals surface area contributed by atoms with Crippen molar-refractivity contribution < 1.29 is 9.90 Å². The third kappa shape index (κ3) is 11.0. The highest BCUT2D eigenvalue weighted by atomic mass is 16.4. The molecule has 1 N–H and O–H groups in total. The lowest BCUT2D eigenvalue weighted by Gasteiger charge is -1.94. The summed E-state index contributed by atoms with van der Waals surface area (Å²) in [6.07, 6.45) is 7.86. The average molecular weight is 196 g/mol. The molecule has 0 saturated carbocycles. The van der Waals surface area contributed by atoms with Crippen LogP contribution in [0.25, 0.3) is 0 Å². The van der Waals surface area contributed by atoms with Crippen molar-refractivity contribution >= 4 is 5.97 Å². The fraction of sp³-hybridized carbons (Fsp3) is 0.750. The first kappa shape index (κ1) is 13.0. The van der Waals surface area contributed by atoms with Crippen LogP contribution in [0.2, 0.25) is 0 Å². The largest absolute Gasteiger partial charge is 0.481 e. The molecule has 0 heterocycles. The van der Waals surface area contributed by atoms with Crippen LogP contribution in [0.3, 0.4) is 0 Å². The van der Waals surface area contributed by atoms with E-state index in [9.17, 15) is 4.79 Å². The summed E-state index contributed by atoms with van der Waals surface area (Å²) in [4.78, 5) is 10.1. The minimum atomic E-state index is -0.762. The van der Waals surface area contributed by atoms with Crippen molar-refractivity contribution in [1.82, 2.24) is 0 Å². The first-order valence-corrected chi connectivity index (χ1v) is 5.45. The van der Waals surface area contributed by atoms with Crippen molar-refractivity contribution in [2.45, 2.75) is 58.3 Å². The van der Waals surface area contributed by atoms with Gasteiger partial charge in [0.15, 0.2) is 0 Å². The van der Waals surface area contributed by atoms with Gasteiger partial charge in [0.05, 0.1) is 6.42 Å². The van der Waals surface area contributed by atoms with E-state index in [1.54, 1.807) is 0 Å². The van der Waals surface area contributed by atoms with Gasteiger partial charge < -0.3 is 5.11 Å². The second-order valence-electron chi connectivity index (χ2n) is 3.41. The van der Waals surface area contributed by atoms with Crippen LogP contribution in [-0.2, 0) is 4.79 Å². The Balaban J connectivity index is 3.13. The molecule has 0 rings (SSSR count). The Hall–Kier alpha value is -0.970. The summed E-state index contributed by atoms with van der Waals surface area (Å²) in [6.45, 7) is 2.20. The molecule has 0 atom stereocenters. The number of unbranched alkanes of at least 4 members (excludes halogenated alkanes) is 5. The molecular formula is C12H20O2. The first-order chi connectivity index (χ1) is 6.77. The van der Waals surface area contributed by atoms with E-state index in [1.165, 1.54) is 25.7 Å². The van der Waals surface area contributed by atoms with E-state index >= 15 is 0 Å². The summed E-state index contributed by atoms with van der Waals surface area (Å²) in [5.74, 6) is 5.12. The van der Waals surface area contributed by atoms with Gasteiger partial charge in [0.2, 0.25) is 0 Å². The molecular weight excluding hydrogens is 176 g/mol. The summed E-state index contributed by atoms with van der Waals surface area (Å²) in [5, 5.41) is 8.35. The van der Waals surface area contributed by atoms with Gasteiger partial charge in [-0.15, -0.1) is 11.8 Å². The van der Waals surface area contributed by atoms with E-state index in [4.69, 9.17) is 5.11 Å². The van der Waals surface area contributed by atoms with Gasteiger partial charge in [0, 0.05) is 12.8 Å². The average Bonchev–Trinajstić information content (AvgIpc) is 2.15. The maximum atomic E-state index is 10.1. The first-order valence-electron chi connectivity index (χ1n) is 5.45. The van der Waals surface area contributed by atoms with Crippen molar-refractivity contribution in [1.29, 1.82) is 0 Å². The third-order valence-electron chi connectivity index (χ3n) is 1.99. The summed E-state index contributed by atoms with van der Waals surface area (Å²) in [5.41, 5.74) is 0. The highest BCUT2D eigenvalue weighted by Gasteiger charge is 1.91. The molecule has 0 aromatic carbocycles. The zero-order chi connectivity index (χ0) is 10.6. The maximum Gasteiger partial charge on any atom is 0.304 e. The number of hydrogen-bond acceptors (Lipinski definition) is 1. The minimum absolute atomic E-state index is 0.169. The lowest BCUT2D eigenvalue weighted by Crippen LogP contribution is -1.91. The summed E-state index contributed by atoms with van der Waals surface area (Å²) < 4.78 is 0. The van der Waals surface area contributed by atoms with E-state index in [2.05, 4.69) is 18.8 Å². The quantitative estimate of drug-likeness (QED) is 0.501. The van der Waals surface area contributed by atoms with Crippen molar-refractivity contribution in [3.05, 3.63) is 0 Å². The summed E-state index contributed by atoms with van der Waals surface area (Å²) >= 11 is 0. The van der Waals surface area contributed by atoms with E-state index < -0.39 is 5.97 Å². The number of hydrogen-bond donors (Lipinski definition) is 1. The molecule has 80 valence electrons. The number of carboxylic acids is 1. The number of aliphatic carboxylic acids is 1. The molecule has 0 spiro atoms. The fourth-order valence-corrected chi connectivity index (χ4v) is 1.16. The van der Waals surface area contributed by atoms with Crippen LogP contribution in [-0.4, -0.2) is 11.1 Å². The van der Waals surface area contributed by atoms with Crippen LogP contribution in [0.1, 0.15) is 58.3 Å². The Morgan fingerprint density at radius 3 is 2.36 bits per heavy atom. The van der Waals surface area contributed by atoms with Gasteiger partial charge in [-0.25, -0.2) is 0 Å². The molecule has 2 heteroatoms. The zero-order valence-electron chi connectivity index (χ0n) is 9.01. The summed E-state index contributed by atoms with van der Waals surface area (Å²) in [6, 6.07) is 0. The highest BCUT2D eigenvalue weighted by Crippen LogP contribution is 2.03. The molecule has 0 aliphatic rings. The Bertz CT molecular complexity index is 198. The Morgan fingerprint density at radius 1 is 1.07 bits per heavy atom. The molecule has 0 aliphatic carbocycles. The molecule has 0 aliphatic heterocycles. The van der Waals surface area contributed by atoms with Crippen LogP contribution >= 0.6 is 0 Å². The maximum absolute atomic E-state index is 10.1. The van der Waals surface area contributed by atoms with Gasteiger partial charge in [-0.1, -0.05) is 32.6 Å². The molecule has 2 nitrogen and oxygen atoms in total. The lowest BCUT2D eigenvalue weighted by atomic mass is 10.1. The van der Waals surface area contributed by atoms with Crippen LogP contribution in [0, 0.1) is 11.8 Å². The third-order valence-corrected chi connectivity index (χ3v) is 1.99. The highest BCUT2D eigenvalue weighted by molar-refractivity contribution is 5.66. The Morgan fingerprint density at radius 2 is 1.71 bits per heavy atom. The minimum Gasteiger partial charge on any atom is -0.481 e. The van der Waals surface area contributed by atoms with Crippen LogP contribution in [0.5, 0.6) is 0 Å². The second kappa shape index (κ2) is 10.1. The normalized spacial score (nSPS) is 9.21. The SMILES string of the molecule is CCCCCCCC#CCCC(=O)O. The molecule has 14 heavy (non-hydrogen) atoms. The van der Waals surface area contributed by atoms with Gasteiger partial charge in [-0.05, 0) is 6.42 Å². The predicted octanol–water partition coefficient (Wildman–Crippen LogP) is 3.22. The molecule has 0 fully saturated rings. The van der Waals surface area contributed by atoms with E-state index in [-0.39, 0.29) is 6.42 Å². The van der Waals surface area contributed by atoms with Gasteiger partial charge in [-0.2, -0.15) is 0 Å². The van der Waals surface area contributed by atoms with Gasteiger partial charge in [-0.3, -0.25) is 4.79 Å². The van der Waals surface area contributed by atoms with E-state index in [1.807, 2.05) is 0 Å². The molecule has 0 amide bonds. The smallest absolute Gasteiger partial charge is 0.304 e. The molecule has 0 radical (unpaired) electrons. The van der Waals surface area contributed by atoms with Gasteiger partial charge in [0.25, 0.3) is 0 Å². The number of carboxylic acid groups (broad SMARTS) is 1. The van der Waals surface area contributed by atoms with Crippen molar-refractivity contribution in [2.24, 2.45) is 0 Å². The summed E-state index contributed by atoms with van der Waals surface area (Å²) in [7, 11) is 0. The standard InChI is InChI=1S/C12H20O2/c1-2-3-4-5-6-7-8-9-10-11-12(13)14/h2-7,10-11H2,1H3,(H,13,14). The van der Waals surface area contributed by atoms with Gasteiger partial charge >= 0.3 is 5.97 Å². The molecule has 0 unspecified atom stereocenters. The van der Waals surface area contributed by atoms with E-state index in [0.717, 1.165) is 12.8 Å². The fourth-order valence-electron chi connectivity index (χ4n) is 1.16. The number of carbonyl (C=O) groups is 1. The molecule has 0 aromatic heterocycles. The van der Waals surface area contributed by atoms with E-state index in [0.29, 0.717) is 6.42 Å². The topological polar surface area (TPSA) is 37.3 Å². The second-order valence-corrected chi connectivity index (χ2v) is 3.41. The number of rotatable bonds is 7. The lowest BCUT2D eigenvalue weighted by molar-refractivity contribution is -0.136. The molecule has 0 aromatic rings. The van der Waals surface area contributed by atoms with Crippen LogP contribution in [0.15, 0.2) is 0 Å². The van der Waals surface area contributed by atoms with Crippen molar-refractivity contribution in [3.63, 3.8) is 0 Å². The van der Waals surface area contributed by atoms with Crippen LogP contribution < -0.4 is 0 Å². The van der Waals surface area contributed by atoms with Crippen LogP contribution in [0.4, 0.5) is 0 Å². The van der Waals surface area contributed by atoms with Crippen molar-refractivity contribution in [3.8, 4) is 11.8 Å². The Labute approximate surface area is 86.7 Å². The van der Waals surface area contributed by atoms with Crippen molar-refractivity contribution in [2.75, 3.05) is 0 Å². The predicted molar refractivity (Wildman–Crippen MR) is 58.0 cm³/mol.